The van der Waals surface area contributed by atoms with Crippen molar-refractivity contribution < 1.29 is 14.6 Å². The van der Waals surface area contributed by atoms with Crippen LogP contribution in [0, 0.1) is 0 Å². The summed E-state index contributed by atoms with van der Waals surface area (Å²) in [6.07, 6.45) is 0. The summed E-state index contributed by atoms with van der Waals surface area (Å²) in [5, 5.41) is 8.99. The number of rotatable bonds is 1. The lowest BCUT2D eigenvalue weighted by atomic mass is 10.3. The van der Waals surface area contributed by atoms with E-state index in [4.69, 9.17) is 5.11 Å². The van der Waals surface area contributed by atoms with Crippen molar-refractivity contribution in [1.29, 1.82) is 0 Å². The monoisotopic (exact) mass is 180 g/mol. The van der Waals surface area contributed by atoms with Gasteiger partial charge in [0.15, 0.2) is 5.75 Å². The van der Waals surface area contributed by atoms with Crippen molar-refractivity contribution >= 4 is 5.97 Å². The number of esters is 1. The molecule has 0 saturated carbocycles. The molecule has 0 unspecified atom stereocenters. The fourth-order valence-electron chi connectivity index (χ4n) is 0.833. The molecule has 0 heterocycles. The molecule has 4 nitrogen and oxygen atoms in total. The van der Waals surface area contributed by atoms with Gasteiger partial charge < -0.3 is 9.84 Å². The minimum Gasteiger partial charge on any atom is -0.504 e. The Morgan fingerprint density at radius 2 is 2.15 bits per heavy atom. The first-order chi connectivity index (χ1) is 6.15. The lowest BCUT2D eigenvalue weighted by Crippen LogP contribution is -2.03. The van der Waals surface area contributed by atoms with Gasteiger partial charge in [-0.05, 0) is 12.1 Å². The Morgan fingerprint density at radius 1 is 1.46 bits per heavy atom. The molecule has 0 bridgehead atoms. The summed E-state index contributed by atoms with van der Waals surface area (Å²) in [6, 6.07) is 5.05. The second kappa shape index (κ2) is 3.71. The van der Waals surface area contributed by atoms with Gasteiger partial charge in [-0.3, -0.25) is 4.79 Å². The molecule has 0 spiro atoms. The quantitative estimate of drug-likeness (QED) is 0.640. The smallest absolute Gasteiger partial charge is 0.337 e. The molecule has 0 saturated heterocycles. The van der Waals surface area contributed by atoms with E-state index in [9.17, 15) is 9.59 Å². The van der Waals surface area contributed by atoms with Crippen molar-refractivity contribution in [2.24, 2.45) is 0 Å². The number of carbonyl (C=O) groups excluding carboxylic acids is 1. The van der Waals surface area contributed by atoms with E-state index in [-0.39, 0.29) is 5.56 Å². The summed E-state index contributed by atoms with van der Waals surface area (Å²) < 4.78 is 4.41. The van der Waals surface area contributed by atoms with Gasteiger partial charge in [0.25, 0.3) is 0 Å². The van der Waals surface area contributed by atoms with Gasteiger partial charge in [-0.1, -0.05) is 6.07 Å². The molecule has 0 aliphatic carbocycles. The van der Waals surface area contributed by atoms with Crippen molar-refractivity contribution in [1.82, 2.24) is 0 Å². The third kappa shape index (κ3) is 2.05. The first-order valence-corrected chi connectivity index (χ1v) is 3.57. The lowest BCUT2D eigenvalue weighted by molar-refractivity contribution is 0.0601. The van der Waals surface area contributed by atoms with Gasteiger partial charge >= 0.3 is 5.97 Å². The first-order valence-electron chi connectivity index (χ1n) is 3.57. The predicted molar refractivity (Wildman–Crippen MR) is 45.7 cm³/mol. The van der Waals surface area contributed by atoms with Gasteiger partial charge in [0.2, 0.25) is 5.43 Å². The molecule has 1 N–H and O–H groups in total. The predicted octanol–water partition coefficient (Wildman–Crippen LogP) is 0.539. The molecule has 0 radical (unpaired) electrons. The Balaban J connectivity index is 3.29. The van der Waals surface area contributed by atoms with Crippen LogP contribution in [-0.2, 0) is 4.74 Å². The van der Waals surface area contributed by atoms with E-state index in [1.165, 1.54) is 25.3 Å². The third-order valence-corrected chi connectivity index (χ3v) is 1.49. The highest BCUT2D eigenvalue weighted by atomic mass is 16.5. The Bertz CT molecular complexity index is 384. The Morgan fingerprint density at radius 3 is 2.77 bits per heavy atom. The van der Waals surface area contributed by atoms with Crippen molar-refractivity contribution in [2.45, 2.75) is 0 Å². The lowest BCUT2D eigenvalue weighted by Gasteiger charge is -1.92. The standard InChI is InChI=1S/C9H8O4/c1-13-9(12)6-3-2-4-7(10)8(11)5-6/h2-5H,1H3,(H,10,11). The molecule has 0 aromatic heterocycles. The van der Waals surface area contributed by atoms with E-state index in [1.54, 1.807) is 0 Å². The van der Waals surface area contributed by atoms with Gasteiger partial charge in [-0.2, -0.15) is 0 Å². The molecule has 1 aromatic carbocycles. The molecule has 1 rings (SSSR count). The Labute approximate surface area is 74.4 Å². The first kappa shape index (κ1) is 9.25. The van der Waals surface area contributed by atoms with Crippen molar-refractivity contribution in [2.75, 3.05) is 7.11 Å². The van der Waals surface area contributed by atoms with Crippen LogP contribution in [0.3, 0.4) is 0 Å². The maximum absolute atomic E-state index is 11.0. The summed E-state index contributed by atoms with van der Waals surface area (Å²) >= 11 is 0. The van der Waals surface area contributed by atoms with Gasteiger partial charge in [0.1, 0.15) is 0 Å². The zero-order chi connectivity index (χ0) is 9.84. The summed E-state index contributed by atoms with van der Waals surface area (Å²) in [5.41, 5.74) is -0.488. The van der Waals surface area contributed by atoms with Crippen LogP contribution >= 0.6 is 0 Å². The number of carbonyl (C=O) groups is 1. The summed E-state index contributed by atoms with van der Waals surface area (Å²) in [4.78, 5) is 22.0. The summed E-state index contributed by atoms with van der Waals surface area (Å²) in [6.45, 7) is 0. The number of ether oxygens (including phenoxy) is 1. The molecule has 0 fully saturated rings. The highest BCUT2D eigenvalue weighted by molar-refractivity contribution is 5.89. The SMILES string of the molecule is COC(=O)c1cccc(O)c(=O)c1. The van der Waals surface area contributed by atoms with Crippen LogP contribution in [-0.4, -0.2) is 18.2 Å². The van der Waals surface area contributed by atoms with Crippen LogP contribution in [0.5, 0.6) is 5.75 Å². The molecular weight excluding hydrogens is 172 g/mol. The maximum atomic E-state index is 11.0. The van der Waals surface area contributed by atoms with E-state index in [0.29, 0.717) is 0 Å². The van der Waals surface area contributed by atoms with Crippen LogP contribution in [0.4, 0.5) is 0 Å². The van der Waals surface area contributed by atoms with E-state index < -0.39 is 17.1 Å². The van der Waals surface area contributed by atoms with Crippen LogP contribution in [0.1, 0.15) is 10.4 Å². The van der Waals surface area contributed by atoms with Crippen LogP contribution in [0.25, 0.3) is 0 Å². The molecule has 0 amide bonds. The number of hydrogen-bond acceptors (Lipinski definition) is 4. The number of aromatic hydroxyl groups is 1. The topological polar surface area (TPSA) is 63.6 Å². The normalized spacial score (nSPS) is 9.31. The Kier molecular flexibility index (Phi) is 2.64. The van der Waals surface area contributed by atoms with Crippen LogP contribution < -0.4 is 5.43 Å². The molecular formula is C9H8O4. The maximum Gasteiger partial charge on any atom is 0.337 e. The summed E-state index contributed by atoms with van der Waals surface area (Å²) in [5.74, 6) is -0.997. The van der Waals surface area contributed by atoms with Crippen molar-refractivity contribution in [3.63, 3.8) is 0 Å². The number of hydrogen-bond donors (Lipinski definition) is 1. The van der Waals surface area contributed by atoms with Gasteiger partial charge in [0.05, 0.1) is 12.7 Å². The average Bonchev–Trinajstić information content (AvgIpc) is 2.28. The largest absolute Gasteiger partial charge is 0.504 e. The highest BCUT2D eigenvalue weighted by Gasteiger charge is 2.04. The minimum atomic E-state index is -0.606. The molecule has 0 atom stereocenters. The Hall–Kier alpha value is -1.84. The van der Waals surface area contributed by atoms with Crippen LogP contribution in [0.15, 0.2) is 29.1 Å². The molecule has 0 aliphatic rings. The molecule has 0 aliphatic heterocycles. The molecule has 4 heteroatoms. The zero-order valence-corrected chi connectivity index (χ0v) is 6.98. The molecule has 68 valence electrons. The second-order valence-electron chi connectivity index (χ2n) is 2.37. The molecule has 1 aromatic rings. The van der Waals surface area contributed by atoms with Crippen LogP contribution in [0.2, 0.25) is 0 Å². The minimum absolute atomic E-state index is 0.118. The van der Waals surface area contributed by atoms with Gasteiger partial charge in [0, 0.05) is 6.07 Å². The van der Waals surface area contributed by atoms with Gasteiger partial charge in [-0.15, -0.1) is 0 Å². The van der Waals surface area contributed by atoms with E-state index in [1.807, 2.05) is 0 Å². The second-order valence-corrected chi connectivity index (χ2v) is 2.37. The zero-order valence-electron chi connectivity index (χ0n) is 6.98. The fraction of sp³-hybridized carbons (Fsp3) is 0.111. The van der Waals surface area contributed by atoms with E-state index >= 15 is 0 Å². The van der Waals surface area contributed by atoms with E-state index in [2.05, 4.69) is 4.74 Å². The average molecular weight is 180 g/mol. The van der Waals surface area contributed by atoms with Crippen molar-refractivity contribution in [3.8, 4) is 5.75 Å². The highest BCUT2D eigenvalue weighted by Crippen LogP contribution is 2.01. The number of methoxy groups -OCH3 is 1. The van der Waals surface area contributed by atoms with Crippen molar-refractivity contribution in [3.05, 3.63) is 40.1 Å². The fourth-order valence-corrected chi connectivity index (χ4v) is 0.833. The summed E-state index contributed by atoms with van der Waals surface area (Å²) in [7, 11) is 1.22. The molecule has 13 heavy (non-hydrogen) atoms. The van der Waals surface area contributed by atoms with E-state index in [0.717, 1.165) is 6.07 Å². The third-order valence-electron chi connectivity index (χ3n) is 1.49. The van der Waals surface area contributed by atoms with Gasteiger partial charge in [-0.25, -0.2) is 4.79 Å².